The maximum absolute atomic E-state index is 12.2. The Morgan fingerprint density at radius 1 is 1.23 bits per heavy atom. The van der Waals surface area contributed by atoms with Gasteiger partial charge in [0.25, 0.3) is 5.91 Å². The third-order valence-electron chi connectivity index (χ3n) is 3.17. The van der Waals surface area contributed by atoms with Gasteiger partial charge in [-0.2, -0.15) is 5.26 Å². The number of methoxy groups -OCH3 is 1. The predicted molar refractivity (Wildman–Crippen MR) is 86.4 cm³/mol. The monoisotopic (exact) mass is 292 g/mol. The number of amides is 1. The summed E-state index contributed by atoms with van der Waals surface area (Å²) in [6.45, 7) is 1.90. The van der Waals surface area contributed by atoms with Gasteiger partial charge in [0, 0.05) is 5.69 Å². The average Bonchev–Trinajstić information content (AvgIpc) is 2.54. The van der Waals surface area contributed by atoms with Crippen LogP contribution in [0.1, 0.15) is 11.1 Å². The second-order valence-corrected chi connectivity index (χ2v) is 4.71. The molecule has 0 heterocycles. The minimum atomic E-state index is -0.427. The zero-order chi connectivity index (χ0) is 15.9. The quantitative estimate of drug-likeness (QED) is 0.692. The molecule has 22 heavy (non-hydrogen) atoms. The number of carbonyl (C=O) groups excluding carboxylic acids is 1. The van der Waals surface area contributed by atoms with Crippen molar-refractivity contribution in [3.63, 3.8) is 0 Å². The molecule has 1 amide bonds. The lowest BCUT2D eigenvalue weighted by molar-refractivity contribution is -0.112. The highest BCUT2D eigenvalue weighted by atomic mass is 16.5. The van der Waals surface area contributed by atoms with E-state index in [4.69, 9.17) is 4.74 Å². The van der Waals surface area contributed by atoms with Gasteiger partial charge in [-0.1, -0.05) is 24.3 Å². The van der Waals surface area contributed by atoms with Crippen molar-refractivity contribution in [1.29, 1.82) is 5.26 Å². The van der Waals surface area contributed by atoms with Crippen molar-refractivity contribution < 1.29 is 9.53 Å². The summed E-state index contributed by atoms with van der Waals surface area (Å²) in [7, 11) is 1.60. The van der Waals surface area contributed by atoms with Crippen molar-refractivity contribution in [2.45, 2.75) is 6.92 Å². The molecule has 0 saturated heterocycles. The number of benzene rings is 2. The van der Waals surface area contributed by atoms with Crippen LogP contribution in [0.5, 0.6) is 5.75 Å². The van der Waals surface area contributed by atoms with E-state index >= 15 is 0 Å². The van der Waals surface area contributed by atoms with Crippen LogP contribution < -0.4 is 10.1 Å². The molecular formula is C18H16N2O2. The molecule has 0 aliphatic rings. The second kappa shape index (κ2) is 7.09. The Morgan fingerprint density at radius 2 is 1.95 bits per heavy atom. The molecule has 4 nitrogen and oxygen atoms in total. The fourth-order valence-electron chi connectivity index (χ4n) is 1.96. The summed E-state index contributed by atoms with van der Waals surface area (Å²) in [4.78, 5) is 12.2. The number of nitriles is 1. The molecule has 2 aromatic rings. The van der Waals surface area contributed by atoms with Crippen LogP contribution in [-0.4, -0.2) is 13.0 Å². The second-order valence-electron chi connectivity index (χ2n) is 4.71. The molecule has 0 aromatic heterocycles. The van der Waals surface area contributed by atoms with Gasteiger partial charge in [0.05, 0.1) is 7.11 Å². The summed E-state index contributed by atoms with van der Waals surface area (Å²) in [6.07, 6.45) is 1.58. The largest absolute Gasteiger partial charge is 0.497 e. The van der Waals surface area contributed by atoms with E-state index in [1.807, 2.05) is 43.3 Å². The van der Waals surface area contributed by atoms with Gasteiger partial charge in [-0.3, -0.25) is 4.79 Å². The summed E-state index contributed by atoms with van der Waals surface area (Å²) in [5.74, 6) is 0.311. The van der Waals surface area contributed by atoms with E-state index in [0.29, 0.717) is 5.69 Å². The highest BCUT2D eigenvalue weighted by Gasteiger charge is 2.10. The number of rotatable bonds is 4. The molecule has 110 valence electrons. The summed E-state index contributed by atoms with van der Waals surface area (Å²) >= 11 is 0. The smallest absolute Gasteiger partial charge is 0.266 e. The van der Waals surface area contributed by atoms with Gasteiger partial charge in [-0.15, -0.1) is 0 Å². The molecule has 2 rings (SSSR count). The first-order valence-electron chi connectivity index (χ1n) is 6.77. The normalized spacial score (nSPS) is 10.7. The molecule has 0 bridgehead atoms. The van der Waals surface area contributed by atoms with Crippen molar-refractivity contribution >= 4 is 17.7 Å². The van der Waals surface area contributed by atoms with E-state index in [2.05, 4.69) is 5.32 Å². The van der Waals surface area contributed by atoms with Crippen molar-refractivity contribution in [2.75, 3.05) is 12.4 Å². The molecule has 0 radical (unpaired) electrons. The highest BCUT2D eigenvalue weighted by molar-refractivity contribution is 6.09. The Bertz CT molecular complexity index is 743. The number of carbonyl (C=O) groups is 1. The van der Waals surface area contributed by atoms with E-state index in [1.165, 1.54) is 0 Å². The fourth-order valence-corrected chi connectivity index (χ4v) is 1.96. The summed E-state index contributed by atoms with van der Waals surface area (Å²) in [6, 6.07) is 16.5. The molecule has 0 aliphatic carbocycles. The van der Waals surface area contributed by atoms with Crippen LogP contribution in [0.25, 0.3) is 6.08 Å². The lowest BCUT2D eigenvalue weighted by Crippen LogP contribution is -2.13. The zero-order valence-electron chi connectivity index (χ0n) is 12.5. The molecule has 2 aromatic carbocycles. The molecule has 0 unspecified atom stereocenters. The van der Waals surface area contributed by atoms with Gasteiger partial charge in [-0.05, 0) is 48.4 Å². The highest BCUT2D eigenvalue weighted by Crippen LogP contribution is 2.19. The number of para-hydroxylation sites is 1. The minimum absolute atomic E-state index is 0.0529. The van der Waals surface area contributed by atoms with Gasteiger partial charge in [-0.25, -0.2) is 0 Å². The molecule has 0 fully saturated rings. The summed E-state index contributed by atoms with van der Waals surface area (Å²) in [5.41, 5.74) is 2.44. The number of hydrogen-bond donors (Lipinski definition) is 1. The Kier molecular flexibility index (Phi) is 4.94. The third kappa shape index (κ3) is 3.74. The number of nitrogens with zero attached hydrogens (tertiary/aromatic N) is 1. The lowest BCUT2D eigenvalue weighted by Gasteiger charge is -2.06. The lowest BCUT2D eigenvalue weighted by atomic mass is 10.1. The molecule has 0 spiro atoms. The molecule has 1 N–H and O–H groups in total. The van der Waals surface area contributed by atoms with Crippen LogP contribution in [0.15, 0.2) is 54.1 Å². The third-order valence-corrected chi connectivity index (χ3v) is 3.17. The van der Waals surface area contributed by atoms with E-state index < -0.39 is 5.91 Å². The van der Waals surface area contributed by atoms with Gasteiger partial charge in [0.1, 0.15) is 17.4 Å². The van der Waals surface area contributed by atoms with Crippen molar-refractivity contribution in [2.24, 2.45) is 0 Å². The van der Waals surface area contributed by atoms with E-state index in [9.17, 15) is 10.1 Å². The van der Waals surface area contributed by atoms with Crippen LogP contribution in [0.2, 0.25) is 0 Å². The molecule has 0 aliphatic heterocycles. The number of ether oxygens (including phenoxy) is 1. The van der Waals surface area contributed by atoms with Crippen LogP contribution >= 0.6 is 0 Å². The molecule has 4 heteroatoms. The Balaban J connectivity index is 2.24. The fraction of sp³-hybridized carbons (Fsp3) is 0.111. The van der Waals surface area contributed by atoms with Gasteiger partial charge in [0.15, 0.2) is 0 Å². The number of anilines is 1. The first-order chi connectivity index (χ1) is 10.6. The van der Waals surface area contributed by atoms with Crippen LogP contribution in [-0.2, 0) is 4.79 Å². The number of aryl methyl sites for hydroxylation is 1. The number of hydrogen-bond acceptors (Lipinski definition) is 3. The zero-order valence-corrected chi connectivity index (χ0v) is 12.5. The van der Waals surface area contributed by atoms with E-state index in [-0.39, 0.29) is 5.57 Å². The first kappa shape index (κ1) is 15.3. The number of nitrogens with one attached hydrogen (secondary N) is 1. The van der Waals surface area contributed by atoms with Crippen LogP contribution in [0.4, 0.5) is 5.69 Å². The topological polar surface area (TPSA) is 62.1 Å². The van der Waals surface area contributed by atoms with Gasteiger partial charge in [0.2, 0.25) is 0 Å². The van der Waals surface area contributed by atoms with Crippen LogP contribution in [0.3, 0.4) is 0 Å². The predicted octanol–water partition coefficient (Wildman–Crippen LogP) is 3.55. The van der Waals surface area contributed by atoms with E-state index in [1.54, 1.807) is 31.4 Å². The standard InChI is InChI=1S/C18H16N2O2/c1-13-10-17(22-2)9-8-14(13)11-15(12-19)18(21)20-16-6-4-3-5-7-16/h3-11H,1-2H3,(H,20,21). The van der Waals surface area contributed by atoms with Gasteiger partial charge >= 0.3 is 0 Å². The first-order valence-corrected chi connectivity index (χ1v) is 6.77. The Labute approximate surface area is 129 Å². The molecule has 0 saturated carbocycles. The minimum Gasteiger partial charge on any atom is -0.497 e. The SMILES string of the molecule is COc1ccc(C=C(C#N)C(=O)Nc2ccccc2)c(C)c1. The molecule has 0 atom stereocenters. The Morgan fingerprint density at radius 3 is 2.55 bits per heavy atom. The summed E-state index contributed by atoms with van der Waals surface area (Å²) in [5, 5.41) is 11.9. The van der Waals surface area contributed by atoms with Crippen LogP contribution in [0, 0.1) is 18.3 Å². The van der Waals surface area contributed by atoms with Crippen molar-refractivity contribution in [3.05, 3.63) is 65.2 Å². The Hall–Kier alpha value is -3.06. The van der Waals surface area contributed by atoms with Gasteiger partial charge < -0.3 is 10.1 Å². The maximum atomic E-state index is 12.2. The average molecular weight is 292 g/mol. The van der Waals surface area contributed by atoms with Crippen molar-refractivity contribution in [1.82, 2.24) is 0 Å². The molecular weight excluding hydrogens is 276 g/mol. The van der Waals surface area contributed by atoms with E-state index in [0.717, 1.165) is 16.9 Å². The maximum Gasteiger partial charge on any atom is 0.266 e. The van der Waals surface area contributed by atoms with Crippen molar-refractivity contribution in [3.8, 4) is 11.8 Å². The summed E-state index contributed by atoms with van der Waals surface area (Å²) < 4.78 is 5.14.